The fourth-order valence-electron chi connectivity index (χ4n) is 5.01. The molecule has 14 N–H and O–H groups in total. The van der Waals surface area contributed by atoms with Crippen molar-refractivity contribution in [2.24, 2.45) is 0 Å². The van der Waals surface area contributed by atoms with E-state index in [1.165, 1.54) is 6.92 Å². The molecule has 0 aliphatic rings. The molecule has 420 valence electrons. The molecule has 21 nitrogen and oxygen atoms in total. The SMILES string of the molecule is CC(O)C(O)CCCC=O.CC(O)CC(O)CCC=O.CCC(O)C(O)CCC=O.O=CCC(O)CCCCO.O=CCCC(O)CCCO.O=CCCCC(O)CCO.O=CCCCCC(O)CO. The fourth-order valence-corrected chi connectivity index (χ4v) is 5.01. The molecule has 0 aromatic rings. The summed E-state index contributed by atoms with van der Waals surface area (Å²) in [5.41, 5.74) is 0. The molecule has 70 heavy (non-hydrogen) atoms. The van der Waals surface area contributed by atoms with Crippen molar-refractivity contribution in [3.05, 3.63) is 0 Å². The largest absolute Gasteiger partial charge is 0.396 e. The quantitative estimate of drug-likeness (QED) is 0.0297. The van der Waals surface area contributed by atoms with E-state index in [1.54, 1.807) is 13.8 Å². The molecule has 0 rings (SSSR count). The Labute approximate surface area is 417 Å². The van der Waals surface area contributed by atoms with Crippen LogP contribution in [0.2, 0.25) is 0 Å². The van der Waals surface area contributed by atoms with Gasteiger partial charge in [0.05, 0.1) is 67.6 Å². The summed E-state index contributed by atoms with van der Waals surface area (Å²) >= 11 is 0. The first kappa shape index (κ1) is 81.2. The molecule has 0 aliphatic heterocycles. The number of aldehydes is 7. The standard InChI is InChI=1S/7C7H14O3/c1-6(9)5-7(10)3-2-4-8;1-6(9)7(10)4-2-3-5-8;8-5-1-3-7(10)4-2-6-9;1-2-6(9)7(10)4-3-5-8;2*8-5-2-1-3-7(10)4-6-9;8-5-3-1-2-4-7(10)6-9/h4,6-7,9-10H,2-3,5H2,1H3;5-7,9-10H,2-4H2,1H3;5,7,9-10H,1-4,6H2;5-7,9-10H,2-4H2,1H3;6-8,10H,1-5H2;2*5,7,9-10H,1-4,6H2. The van der Waals surface area contributed by atoms with Crippen molar-refractivity contribution < 1.29 is 105 Å². The Morgan fingerprint density at radius 2 is 0.757 bits per heavy atom. The Morgan fingerprint density at radius 1 is 0.343 bits per heavy atom. The van der Waals surface area contributed by atoms with Gasteiger partial charge in [0, 0.05) is 64.8 Å². The lowest BCUT2D eigenvalue weighted by Gasteiger charge is -2.13. The summed E-state index contributed by atoms with van der Waals surface area (Å²) in [5, 5.41) is 123. The zero-order chi connectivity index (χ0) is 55.2. The number of carbonyl (C=O) groups excluding carboxylic acids is 7. The summed E-state index contributed by atoms with van der Waals surface area (Å²) < 4.78 is 0. The molecule has 0 fully saturated rings. The lowest BCUT2D eigenvalue weighted by atomic mass is 10.1. The zero-order valence-corrected chi connectivity index (χ0v) is 42.4. The van der Waals surface area contributed by atoms with Crippen molar-refractivity contribution in [1.29, 1.82) is 0 Å². The van der Waals surface area contributed by atoms with Crippen molar-refractivity contribution in [1.82, 2.24) is 0 Å². The maximum absolute atomic E-state index is 9.84. The maximum Gasteiger partial charge on any atom is 0.122 e. The van der Waals surface area contributed by atoms with Crippen LogP contribution in [0.1, 0.15) is 181 Å². The molecule has 10 unspecified atom stereocenters. The zero-order valence-electron chi connectivity index (χ0n) is 42.4. The van der Waals surface area contributed by atoms with Crippen molar-refractivity contribution in [2.75, 3.05) is 26.4 Å². The summed E-state index contributed by atoms with van der Waals surface area (Å²) in [6.07, 6.45) is 13.2. The van der Waals surface area contributed by atoms with Crippen LogP contribution in [-0.2, 0) is 33.6 Å². The van der Waals surface area contributed by atoms with E-state index in [9.17, 15) is 33.6 Å². The van der Waals surface area contributed by atoms with Gasteiger partial charge in [-0.1, -0.05) is 13.3 Å². The van der Waals surface area contributed by atoms with Crippen LogP contribution in [0.5, 0.6) is 0 Å². The Kier molecular flexibility index (Phi) is 81.6. The van der Waals surface area contributed by atoms with Crippen LogP contribution in [0.15, 0.2) is 0 Å². The van der Waals surface area contributed by atoms with Crippen LogP contribution in [0.4, 0.5) is 0 Å². The minimum atomic E-state index is -0.741. The van der Waals surface area contributed by atoms with Gasteiger partial charge in [-0.2, -0.15) is 0 Å². The third kappa shape index (κ3) is 85.0. The monoisotopic (exact) mass is 1020 g/mol. The average Bonchev–Trinajstić information content (AvgIpc) is 3.33. The van der Waals surface area contributed by atoms with E-state index >= 15 is 0 Å². The Morgan fingerprint density at radius 3 is 1.19 bits per heavy atom. The Hall–Kier alpha value is -2.87. The average molecular weight is 1020 g/mol. The van der Waals surface area contributed by atoms with Crippen LogP contribution in [0.25, 0.3) is 0 Å². The van der Waals surface area contributed by atoms with Crippen molar-refractivity contribution in [3.63, 3.8) is 0 Å². The highest BCUT2D eigenvalue weighted by Gasteiger charge is 2.13. The molecule has 0 aliphatic carbocycles. The van der Waals surface area contributed by atoms with Gasteiger partial charge in [-0.3, -0.25) is 0 Å². The van der Waals surface area contributed by atoms with Gasteiger partial charge in [0.15, 0.2) is 0 Å². The first-order valence-electron chi connectivity index (χ1n) is 24.6. The maximum atomic E-state index is 9.84. The molecule has 0 heterocycles. The minimum Gasteiger partial charge on any atom is -0.396 e. The second-order valence-electron chi connectivity index (χ2n) is 16.3. The van der Waals surface area contributed by atoms with Gasteiger partial charge in [-0.05, 0) is 123 Å². The van der Waals surface area contributed by atoms with Crippen molar-refractivity contribution in [3.8, 4) is 0 Å². The van der Waals surface area contributed by atoms with E-state index in [0.717, 1.165) is 57.0 Å². The lowest BCUT2D eigenvalue weighted by molar-refractivity contribution is -0.110. The highest BCUT2D eigenvalue weighted by Crippen LogP contribution is 2.07. The summed E-state index contributed by atoms with van der Waals surface area (Å²) in [7, 11) is 0. The lowest BCUT2D eigenvalue weighted by Crippen LogP contribution is -2.24. The minimum absolute atomic E-state index is 0.0161. The van der Waals surface area contributed by atoms with Gasteiger partial charge in [-0.25, -0.2) is 0 Å². The molecule has 0 spiro atoms. The van der Waals surface area contributed by atoms with Crippen LogP contribution in [0, 0.1) is 0 Å². The van der Waals surface area contributed by atoms with E-state index in [-0.39, 0.29) is 32.8 Å². The molecule has 0 amide bonds. The molecule has 0 aromatic carbocycles. The number of aliphatic hydroxyl groups is 14. The van der Waals surface area contributed by atoms with E-state index < -0.39 is 61.0 Å². The van der Waals surface area contributed by atoms with Gasteiger partial charge < -0.3 is 105 Å². The molecule has 0 saturated carbocycles. The highest BCUT2D eigenvalue weighted by atomic mass is 16.3. The normalized spacial score (nSPS) is 14.4. The number of carbonyl (C=O) groups is 7. The first-order chi connectivity index (χ1) is 33.3. The summed E-state index contributed by atoms with van der Waals surface area (Å²) in [5.74, 6) is 0. The first-order valence-corrected chi connectivity index (χ1v) is 24.6. The number of aliphatic hydroxyl groups excluding tert-OH is 14. The predicted octanol–water partition coefficient (Wildman–Crippen LogP) is 0.688. The van der Waals surface area contributed by atoms with E-state index in [1.807, 2.05) is 0 Å². The van der Waals surface area contributed by atoms with Crippen LogP contribution in [-0.4, -0.2) is 203 Å². The predicted molar refractivity (Wildman–Crippen MR) is 263 cm³/mol. The third-order valence-corrected chi connectivity index (χ3v) is 9.32. The second kappa shape index (κ2) is 70.4. The van der Waals surface area contributed by atoms with Crippen molar-refractivity contribution >= 4 is 44.0 Å². The Bertz CT molecular complexity index is 1060. The van der Waals surface area contributed by atoms with Gasteiger partial charge in [0.2, 0.25) is 0 Å². The summed E-state index contributed by atoms with van der Waals surface area (Å²) in [6.45, 7) is 5.04. The van der Waals surface area contributed by atoms with Gasteiger partial charge >= 0.3 is 0 Å². The highest BCUT2D eigenvalue weighted by molar-refractivity contribution is 5.50. The molecule has 10 atom stereocenters. The smallest absolute Gasteiger partial charge is 0.122 e. The molecular formula is C49H98O21. The van der Waals surface area contributed by atoms with E-state index in [4.69, 9.17) is 71.5 Å². The third-order valence-electron chi connectivity index (χ3n) is 9.32. The van der Waals surface area contributed by atoms with E-state index in [0.29, 0.717) is 141 Å². The fraction of sp³-hybridized carbons (Fsp3) is 0.857. The van der Waals surface area contributed by atoms with Crippen LogP contribution < -0.4 is 0 Å². The number of hydrogen-bond acceptors (Lipinski definition) is 21. The van der Waals surface area contributed by atoms with Crippen molar-refractivity contribution in [2.45, 2.75) is 242 Å². The molecule has 21 heteroatoms. The number of rotatable bonds is 39. The molecular weight excluding hydrogens is 925 g/mol. The van der Waals surface area contributed by atoms with Crippen LogP contribution in [0.3, 0.4) is 0 Å². The second-order valence-corrected chi connectivity index (χ2v) is 16.3. The molecule has 0 bridgehead atoms. The molecule has 0 radical (unpaired) electrons. The molecule has 0 aromatic heterocycles. The number of unbranched alkanes of at least 4 members (excludes halogenated alkanes) is 5. The van der Waals surface area contributed by atoms with E-state index in [2.05, 4.69) is 0 Å². The summed E-state index contributed by atoms with van der Waals surface area (Å²) in [6, 6.07) is 0. The van der Waals surface area contributed by atoms with Gasteiger partial charge in [0.25, 0.3) is 0 Å². The van der Waals surface area contributed by atoms with Gasteiger partial charge in [-0.15, -0.1) is 0 Å². The number of hydrogen-bond donors (Lipinski definition) is 14. The summed E-state index contributed by atoms with van der Waals surface area (Å²) in [4.78, 5) is 68.7. The van der Waals surface area contributed by atoms with Gasteiger partial charge in [0.1, 0.15) is 44.0 Å². The topological polar surface area (TPSA) is 403 Å². The van der Waals surface area contributed by atoms with Crippen LogP contribution >= 0.6 is 0 Å². The Balaban J connectivity index is -0.000000132. The molecule has 0 saturated heterocycles.